The first-order valence-corrected chi connectivity index (χ1v) is 6.78. The maximum absolute atomic E-state index is 8.60. The van der Waals surface area contributed by atoms with Gasteiger partial charge in [-0.15, -0.1) is 0 Å². The number of rotatable bonds is 3. The van der Waals surface area contributed by atoms with E-state index in [4.69, 9.17) is 53.0 Å². The monoisotopic (exact) mass is 380 g/mol. The summed E-state index contributed by atoms with van der Waals surface area (Å²) in [6.07, 6.45) is 0. The molecule has 0 aliphatic carbocycles. The minimum atomic E-state index is -4.69. The van der Waals surface area contributed by atoms with Gasteiger partial charge >= 0.3 is 19.5 Å². The third-order valence-electron chi connectivity index (χ3n) is 0.919. The first-order valence-electron chi connectivity index (χ1n) is 5.52. The molecule has 0 rings (SSSR count). The van der Waals surface area contributed by atoms with Crippen molar-refractivity contribution in [3.63, 3.8) is 0 Å². The molecule has 0 saturated heterocycles. The fraction of sp³-hybridized carbons (Fsp3) is 1.00. The van der Waals surface area contributed by atoms with Crippen LogP contribution < -0.4 is 14.0 Å². The van der Waals surface area contributed by atoms with Crippen molar-refractivity contribution < 1.29 is 48.4 Å². The minimum Gasteiger partial charge on any atom is -0.679 e. The third kappa shape index (κ3) is 166. The molecule has 12 heteroatoms. The maximum Gasteiger partial charge on any atom is 2.00 e. The fourth-order valence-electron chi connectivity index (χ4n) is 0. The van der Waals surface area contributed by atoms with Crippen LogP contribution in [0, 0.1) is 10.2 Å². The zero-order chi connectivity index (χ0) is 17.4. The van der Waals surface area contributed by atoms with Gasteiger partial charge in [-0.05, 0) is 0 Å². The predicted molar refractivity (Wildman–Crippen MR) is 71.1 cm³/mol. The number of nitrogens with one attached hydrogen (secondary N) is 6. The average molecular weight is 382 g/mol. The number of hydrogen-bond acceptors (Lipinski definition) is 4. The molecule has 128 valence electrons. The summed E-state index contributed by atoms with van der Waals surface area (Å²) in [7, 11) is -4.69. The molecule has 0 amide bonds. The summed E-state index contributed by atoms with van der Waals surface area (Å²) in [5.41, 5.74) is 39.3. The van der Waals surface area contributed by atoms with Crippen LogP contribution >= 0.6 is 0 Å². The molecule has 3 atom stereocenters. The molecule has 0 radical (unpaired) electrons. The van der Waals surface area contributed by atoms with Gasteiger partial charge in [-0.3, -0.25) is 0 Å². The molecule has 0 fully saturated rings. The second-order valence-electron chi connectivity index (χ2n) is 3.71. The predicted octanol–water partition coefficient (Wildman–Crippen LogP) is 0.311. The molecule has 0 aromatic carbocycles. The van der Waals surface area contributed by atoms with Crippen LogP contribution in [0.2, 0.25) is 0 Å². The molecule has 0 spiro atoms. The first kappa shape index (κ1) is 33.2. The second kappa shape index (κ2) is 22.8. The Labute approximate surface area is 141 Å². The van der Waals surface area contributed by atoms with Crippen LogP contribution in [-0.4, -0.2) is 42.4 Å². The smallest absolute Gasteiger partial charge is 0.679 e. The van der Waals surface area contributed by atoms with Crippen molar-refractivity contribution in [2.24, 2.45) is 0 Å². The molecule has 0 aliphatic heterocycles. The Morgan fingerprint density at radius 3 is 0.810 bits per heavy atom. The van der Waals surface area contributed by atoms with Crippen LogP contribution in [0.15, 0.2) is 0 Å². The average Bonchev–Trinajstić information content (AvgIpc) is 2.28. The Morgan fingerprint density at radius 1 is 0.762 bits per heavy atom. The summed E-state index contributed by atoms with van der Waals surface area (Å²) in [6.45, 7) is 5.77. The molecule has 0 saturated carbocycles. The van der Waals surface area contributed by atoms with Crippen LogP contribution in [-0.2, 0) is 19.5 Å². The van der Waals surface area contributed by atoms with Crippen molar-refractivity contribution in [3.05, 3.63) is 34.4 Å². The summed E-state index contributed by atoms with van der Waals surface area (Å²) in [5.74, 6) is 0. The topological polar surface area (TPSA) is 232 Å². The van der Waals surface area contributed by atoms with E-state index in [9.17, 15) is 0 Å². The summed E-state index contributed by atoms with van der Waals surface area (Å²) in [5, 5.41) is 0. The van der Waals surface area contributed by atoms with E-state index in [0.29, 0.717) is 0 Å². The van der Waals surface area contributed by atoms with E-state index in [0.717, 1.165) is 0 Å². The Kier molecular flexibility index (Phi) is 36.0. The van der Waals surface area contributed by atoms with Gasteiger partial charge in [0.25, 0.3) is 0 Å². The van der Waals surface area contributed by atoms with Crippen molar-refractivity contribution >= 4 is 0 Å². The van der Waals surface area contributed by atoms with Gasteiger partial charge in [-0.25, -0.2) is 0 Å². The number of halogens is 1. The summed E-state index contributed by atoms with van der Waals surface area (Å²) >= 11 is 0. The number of hydrogen-bond donors (Lipinski definition) is 1. The van der Waals surface area contributed by atoms with Gasteiger partial charge in [0.2, 0.25) is 0 Å². The van der Waals surface area contributed by atoms with Crippen molar-refractivity contribution in [1.29, 1.82) is 0 Å². The van der Waals surface area contributed by atoms with Gasteiger partial charge in [0.1, 0.15) is 0 Å². The van der Waals surface area contributed by atoms with E-state index < -0.39 is 10.2 Å². The summed E-state index contributed by atoms with van der Waals surface area (Å²) in [6, 6.07) is -0.597. The molecule has 3 unspecified atom stereocenters. The van der Waals surface area contributed by atoms with E-state index in [2.05, 4.69) is 0 Å². The fourth-order valence-corrected chi connectivity index (χ4v) is 0. The van der Waals surface area contributed by atoms with Crippen molar-refractivity contribution in [1.82, 2.24) is 0 Å². The standard InChI is InChI=1S/3C3H8N2.ClHO4.Zn/c3*1-3(5)2-4;2-1(3,4)5;/h3*3-5H,2H2,1H3;(H,2,3,4,5);/q3*-2;;+2. The van der Waals surface area contributed by atoms with Crippen molar-refractivity contribution in [2.45, 2.75) is 38.9 Å². The van der Waals surface area contributed by atoms with E-state index >= 15 is 0 Å². The van der Waals surface area contributed by atoms with Gasteiger partial charge < -0.3 is 34.4 Å². The van der Waals surface area contributed by atoms with E-state index in [1.165, 1.54) is 0 Å². The Balaban J connectivity index is -0.0000000533. The molecular formula is C9H25ClN6O4Zn-4. The molecule has 0 aromatic heterocycles. The first-order chi connectivity index (χ1) is 8.81. The molecule has 0 bridgehead atoms. The normalized spacial score (nSPS) is 13.6. The van der Waals surface area contributed by atoms with Crippen molar-refractivity contribution in [2.75, 3.05) is 19.6 Å². The quantitative estimate of drug-likeness (QED) is 0.678. The maximum atomic E-state index is 8.60. The SMILES string of the molecule is CC([NH-])C[NH-].CC([NH-])C[NH-].CC([NH-])C[NH-].[O-][Cl+3]([O-])([O-])O.[Zn+2]. The van der Waals surface area contributed by atoms with Gasteiger partial charge in [0.15, 0.2) is 0 Å². The van der Waals surface area contributed by atoms with Gasteiger partial charge in [0.05, 0.1) is 14.9 Å². The molecule has 0 aliphatic rings. The van der Waals surface area contributed by atoms with Gasteiger partial charge in [0, 0.05) is 0 Å². The minimum absolute atomic E-state index is 0. The van der Waals surface area contributed by atoms with Crippen LogP contribution in [0.5, 0.6) is 0 Å². The Morgan fingerprint density at radius 2 is 0.810 bits per heavy atom. The Bertz CT molecular complexity index is 150. The van der Waals surface area contributed by atoms with Gasteiger partial charge in [-0.2, -0.15) is 51.7 Å². The summed E-state index contributed by atoms with van der Waals surface area (Å²) < 4.78 is 32.7. The molecule has 10 nitrogen and oxygen atoms in total. The summed E-state index contributed by atoms with van der Waals surface area (Å²) in [4.78, 5) is 0. The molecule has 7 N–H and O–H groups in total. The van der Waals surface area contributed by atoms with E-state index in [1.807, 2.05) is 0 Å². The zero-order valence-corrected chi connectivity index (χ0v) is 16.3. The molecule has 21 heavy (non-hydrogen) atoms. The third-order valence-corrected chi connectivity index (χ3v) is 0.919. The molecular weight excluding hydrogens is 357 g/mol. The molecule has 0 aromatic rings. The van der Waals surface area contributed by atoms with Crippen LogP contribution in [0.4, 0.5) is 0 Å². The van der Waals surface area contributed by atoms with Gasteiger partial charge in [-0.1, -0.05) is 20.8 Å². The van der Waals surface area contributed by atoms with Crippen molar-refractivity contribution in [3.8, 4) is 0 Å². The Hall–Kier alpha value is 0.513. The van der Waals surface area contributed by atoms with Crippen LogP contribution in [0.25, 0.3) is 34.4 Å². The van der Waals surface area contributed by atoms with Crippen LogP contribution in [0.3, 0.4) is 0 Å². The van der Waals surface area contributed by atoms with E-state index in [1.54, 1.807) is 20.8 Å². The molecule has 0 heterocycles. The van der Waals surface area contributed by atoms with E-state index in [-0.39, 0.29) is 57.2 Å². The zero-order valence-electron chi connectivity index (χ0n) is 12.6. The van der Waals surface area contributed by atoms with Crippen LogP contribution in [0.1, 0.15) is 20.8 Å². The largest absolute Gasteiger partial charge is 2.00 e. The second-order valence-corrected chi connectivity index (χ2v) is 4.50.